The molecule has 0 unspecified atom stereocenters. The fraction of sp³-hybridized carbons (Fsp3) is 0.375. The van der Waals surface area contributed by atoms with Gasteiger partial charge in [0.2, 0.25) is 11.8 Å². The van der Waals surface area contributed by atoms with Gasteiger partial charge in [-0.2, -0.15) is 0 Å². The van der Waals surface area contributed by atoms with Gasteiger partial charge < -0.3 is 15.5 Å². The summed E-state index contributed by atoms with van der Waals surface area (Å²) in [4.78, 5) is 38.6. The average Bonchev–Trinajstić information content (AvgIpc) is 2.74. The van der Waals surface area contributed by atoms with Crippen LogP contribution in [0, 0.1) is 0 Å². The molecule has 0 bridgehead atoms. The van der Waals surface area contributed by atoms with Crippen LogP contribution in [0.2, 0.25) is 10.0 Å². The lowest BCUT2D eigenvalue weighted by Crippen LogP contribution is -2.39. The maximum Gasteiger partial charge on any atom is 0.251 e. The molecule has 0 aromatic heterocycles. The summed E-state index contributed by atoms with van der Waals surface area (Å²) in [7, 11) is 0. The first-order valence-corrected chi connectivity index (χ1v) is 11.2. The average molecular weight is 478 g/mol. The Balaban J connectivity index is 1.85. The van der Waals surface area contributed by atoms with Crippen LogP contribution in [-0.2, 0) is 15.0 Å². The Hall–Kier alpha value is -2.57. The zero-order valence-electron chi connectivity index (χ0n) is 18.8. The van der Waals surface area contributed by atoms with E-state index in [9.17, 15) is 14.4 Å². The lowest BCUT2D eigenvalue weighted by atomic mass is 9.87. The monoisotopic (exact) mass is 477 g/mol. The number of rotatable bonds is 8. The summed E-state index contributed by atoms with van der Waals surface area (Å²) in [6.45, 7) is 8.49. The molecule has 2 rings (SSSR count). The molecule has 6 nitrogen and oxygen atoms in total. The molecule has 0 spiro atoms. The lowest BCUT2D eigenvalue weighted by molar-refractivity contribution is -0.134. The van der Waals surface area contributed by atoms with E-state index < -0.39 is 5.91 Å². The van der Waals surface area contributed by atoms with Crippen LogP contribution in [0.3, 0.4) is 0 Å². The predicted molar refractivity (Wildman–Crippen MR) is 129 cm³/mol. The van der Waals surface area contributed by atoms with Crippen LogP contribution in [-0.4, -0.2) is 42.3 Å². The summed E-state index contributed by atoms with van der Waals surface area (Å²) in [6.07, 6.45) is 0.0831. The quantitative estimate of drug-likeness (QED) is 0.567. The number of nitrogens with zero attached hydrogens (tertiary/aromatic N) is 1. The van der Waals surface area contributed by atoms with Gasteiger partial charge in [0.1, 0.15) is 0 Å². The number of hydrogen-bond donors (Lipinski definition) is 2. The first-order valence-electron chi connectivity index (χ1n) is 10.4. The van der Waals surface area contributed by atoms with Gasteiger partial charge in [0.15, 0.2) is 0 Å². The molecule has 32 heavy (non-hydrogen) atoms. The number of benzene rings is 2. The normalized spacial score (nSPS) is 11.1. The number of nitrogens with one attached hydrogen (secondary N) is 2. The second-order valence-electron chi connectivity index (χ2n) is 8.39. The molecule has 0 aliphatic rings. The van der Waals surface area contributed by atoms with Gasteiger partial charge in [0.25, 0.3) is 5.91 Å². The Morgan fingerprint density at radius 3 is 2.09 bits per heavy atom. The third-order valence-corrected chi connectivity index (χ3v) is 5.56. The van der Waals surface area contributed by atoms with E-state index in [0.717, 1.165) is 5.56 Å². The molecule has 2 aromatic rings. The van der Waals surface area contributed by atoms with Crippen molar-refractivity contribution in [3.63, 3.8) is 0 Å². The first-order chi connectivity index (χ1) is 15.0. The summed E-state index contributed by atoms with van der Waals surface area (Å²) in [5.41, 5.74) is 2.00. The number of anilines is 1. The maximum absolute atomic E-state index is 12.5. The van der Waals surface area contributed by atoms with Crippen molar-refractivity contribution < 1.29 is 14.4 Å². The summed E-state index contributed by atoms with van der Waals surface area (Å²) >= 11 is 12.1. The molecule has 0 aliphatic carbocycles. The number of carbonyl (C=O) groups excluding carboxylic acids is 3. The van der Waals surface area contributed by atoms with Crippen LogP contribution >= 0.6 is 23.2 Å². The zero-order valence-corrected chi connectivity index (χ0v) is 20.3. The van der Waals surface area contributed by atoms with Gasteiger partial charge in [-0.15, -0.1) is 0 Å². The van der Waals surface area contributed by atoms with Crippen molar-refractivity contribution in [2.24, 2.45) is 0 Å². The highest BCUT2D eigenvalue weighted by atomic mass is 35.5. The van der Waals surface area contributed by atoms with Gasteiger partial charge in [-0.3, -0.25) is 14.4 Å². The molecule has 0 radical (unpaired) electrons. The molecule has 8 heteroatoms. The highest BCUT2D eigenvalue weighted by molar-refractivity contribution is 6.39. The maximum atomic E-state index is 12.5. The minimum atomic E-state index is -0.404. The lowest BCUT2D eigenvalue weighted by Gasteiger charge is -2.21. The Labute approximate surface area is 199 Å². The summed E-state index contributed by atoms with van der Waals surface area (Å²) in [6, 6.07) is 12.3. The van der Waals surface area contributed by atoms with Gasteiger partial charge >= 0.3 is 0 Å². The number of halogens is 2. The molecule has 0 heterocycles. The Bertz CT molecular complexity index is 949. The number of likely N-dealkylation sites (N-methyl/N-ethyl adjacent to an activating group) is 1. The van der Waals surface area contributed by atoms with Gasteiger partial charge in [-0.05, 0) is 42.2 Å². The Kier molecular flexibility index (Phi) is 9.10. The van der Waals surface area contributed by atoms with Gasteiger partial charge in [-0.1, -0.05) is 62.2 Å². The van der Waals surface area contributed by atoms with E-state index in [0.29, 0.717) is 27.8 Å². The highest BCUT2D eigenvalue weighted by Crippen LogP contribution is 2.29. The van der Waals surface area contributed by atoms with Crippen molar-refractivity contribution in [3.05, 3.63) is 63.6 Å². The van der Waals surface area contributed by atoms with Crippen LogP contribution in [0.25, 0.3) is 0 Å². The van der Waals surface area contributed by atoms with Crippen molar-refractivity contribution >= 4 is 46.6 Å². The number of hydrogen-bond acceptors (Lipinski definition) is 3. The second-order valence-corrected chi connectivity index (χ2v) is 9.20. The van der Waals surface area contributed by atoms with Crippen LogP contribution < -0.4 is 10.6 Å². The van der Waals surface area contributed by atoms with Crippen LogP contribution in [0.5, 0.6) is 0 Å². The van der Waals surface area contributed by atoms with E-state index in [4.69, 9.17) is 23.2 Å². The molecule has 0 saturated carbocycles. The van der Waals surface area contributed by atoms with Crippen molar-refractivity contribution in [2.45, 2.75) is 39.5 Å². The number of amides is 3. The standard InChI is InChI=1S/C24H29Cl2N3O3/c1-5-29(15-20(30)28-22-18(25)7-6-8-19(22)26)21(31)13-14-27-23(32)16-9-11-17(12-10-16)24(2,3)4/h6-12H,5,13-15H2,1-4H3,(H,27,32)(H,28,30). The molecule has 0 saturated heterocycles. The largest absolute Gasteiger partial charge is 0.352 e. The fourth-order valence-corrected chi connectivity index (χ4v) is 3.50. The summed E-state index contributed by atoms with van der Waals surface area (Å²) in [5, 5.41) is 6.03. The van der Waals surface area contributed by atoms with E-state index in [1.165, 1.54) is 4.90 Å². The van der Waals surface area contributed by atoms with E-state index in [1.807, 2.05) is 12.1 Å². The number of carbonyl (C=O) groups is 3. The molecular weight excluding hydrogens is 449 g/mol. The van der Waals surface area contributed by atoms with Crippen molar-refractivity contribution in [2.75, 3.05) is 25.0 Å². The highest BCUT2D eigenvalue weighted by Gasteiger charge is 2.18. The second kappa shape index (κ2) is 11.3. The summed E-state index contributed by atoms with van der Waals surface area (Å²) in [5.74, 6) is -0.887. The van der Waals surface area contributed by atoms with Gasteiger partial charge in [-0.25, -0.2) is 0 Å². The van der Waals surface area contributed by atoms with Gasteiger partial charge in [0.05, 0.1) is 22.3 Å². The SMILES string of the molecule is CCN(CC(=O)Nc1c(Cl)cccc1Cl)C(=O)CCNC(=O)c1ccc(C(C)(C)C)cc1. The van der Waals surface area contributed by atoms with Crippen LogP contribution in [0.15, 0.2) is 42.5 Å². The van der Waals surface area contributed by atoms with E-state index >= 15 is 0 Å². The fourth-order valence-electron chi connectivity index (χ4n) is 3.01. The van der Waals surface area contributed by atoms with Gasteiger partial charge in [0, 0.05) is 25.1 Å². The minimum Gasteiger partial charge on any atom is -0.352 e. The van der Waals surface area contributed by atoms with Crippen molar-refractivity contribution in [3.8, 4) is 0 Å². The summed E-state index contributed by atoms with van der Waals surface area (Å²) < 4.78 is 0. The van der Waals surface area contributed by atoms with Crippen molar-refractivity contribution in [1.82, 2.24) is 10.2 Å². The third kappa shape index (κ3) is 7.24. The molecular formula is C24H29Cl2N3O3. The Morgan fingerprint density at radius 1 is 0.969 bits per heavy atom. The molecule has 0 atom stereocenters. The number of para-hydroxylation sites is 1. The van der Waals surface area contributed by atoms with Crippen LogP contribution in [0.1, 0.15) is 50.0 Å². The van der Waals surface area contributed by atoms with E-state index in [2.05, 4.69) is 31.4 Å². The Morgan fingerprint density at radius 2 is 1.56 bits per heavy atom. The minimum absolute atomic E-state index is 0.00844. The first kappa shape index (κ1) is 25.7. The smallest absolute Gasteiger partial charge is 0.251 e. The molecule has 3 amide bonds. The van der Waals surface area contributed by atoms with E-state index in [1.54, 1.807) is 37.3 Å². The van der Waals surface area contributed by atoms with E-state index in [-0.39, 0.29) is 36.7 Å². The van der Waals surface area contributed by atoms with Crippen molar-refractivity contribution in [1.29, 1.82) is 0 Å². The third-order valence-electron chi connectivity index (χ3n) is 4.93. The van der Waals surface area contributed by atoms with Crippen LogP contribution in [0.4, 0.5) is 5.69 Å². The molecule has 0 fully saturated rings. The molecule has 2 aromatic carbocycles. The molecule has 2 N–H and O–H groups in total. The predicted octanol–water partition coefficient (Wildman–Crippen LogP) is 4.90. The molecule has 172 valence electrons. The zero-order chi connectivity index (χ0) is 23.9. The molecule has 0 aliphatic heterocycles. The topological polar surface area (TPSA) is 78.5 Å².